The summed E-state index contributed by atoms with van der Waals surface area (Å²) in [6, 6.07) is 30.7. The molecule has 3 aromatic heterocycles. The molecule has 15 heteroatoms. The number of benzene rings is 4. The molecule has 89 heavy (non-hydrogen) atoms. The molecule has 0 fully saturated rings. The summed E-state index contributed by atoms with van der Waals surface area (Å²) in [5, 5.41) is 27.4. The lowest BCUT2D eigenvalue weighted by molar-refractivity contribution is 0.102. The quantitative estimate of drug-likeness (QED) is 0.0353. The van der Waals surface area contributed by atoms with E-state index in [0.29, 0.717) is 47.6 Å². The van der Waals surface area contributed by atoms with Crippen LogP contribution in [-0.2, 0) is 0 Å². The average molecular weight is 1270 g/mol. The highest BCUT2D eigenvalue weighted by Crippen LogP contribution is 2.39. The molecule has 0 aliphatic rings. The molecule has 0 unspecified atom stereocenters. The molecule has 2 N–H and O–H groups in total. The van der Waals surface area contributed by atoms with Gasteiger partial charge in [0, 0.05) is 33.6 Å². The SMILES string of the molecule is CCCCCCCCCCOc1ccc(-c2nnc(-c3ccc(NC(=O)c4ccc(C(=O)Nc5ccc(-c6nnc(-c7ccc(OCCCCCCCCCC)c(OCCCCCCCCCC)c7)s6)cc5)s4)cc3)s2)cc1OCCCCCCCCCC. The predicted molar refractivity (Wildman–Crippen MR) is 374 cm³/mol. The van der Waals surface area contributed by atoms with Crippen molar-refractivity contribution in [3.63, 3.8) is 0 Å². The average Bonchev–Trinajstić information content (AvgIpc) is 4.56. The van der Waals surface area contributed by atoms with E-state index in [1.54, 1.807) is 12.1 Å². The van der Waals surface area contributed by atoms with Crippen LogP contribution in [-0.4, -0.2) is 58.6 Å². The number of aromatic nitrogens is 4. The lowest BCUT2D eigenvalue weighted by Crippen LogP contribution is -2.11. The summed E-state index contributed by atoms with van der Waals surface area (Å²) in [5.41, 5.74) is 4.89. The van der Waals surface area contributed by atoms with Gasteiger partial charge in [-0.05, 0) is 123 Å². The van der Waals surface area contributed by atoms with E-state index < -0.39 is 0 Å². The number of anilines is 2. The number of thiophene rings is 1. The smallest absolute Gasteiger partial charge is 0.265 e. The summed E-state index contributed by atoms with van der Waals surface area (Å²) in [6.45, 7) is 11.7. The number of carbonyl (C=O) groups is 2. The Labute approximate surface area is 545 Å². The predicted octanol–water partition coefficient (Wildman–Crippen LogP) is 22.7. The normalized spacial score (nSPS) is 11.3. The number of hydrogen-bond acceptors (Lipinski definition) is 13. The summed E-state index contributed by atoms with van der Waals surface area (Å²) in [6.07, 6.45) is 39.9. The van der Waals surface area contributed by atoms with E-state index in [2.05, 4.69) is 58.7 Å². The minimum absolute atomic E-state index is 0.299. The van der Waals surface area contributed by atoms with E-state index in [4.69, 9.17) is 18.9 Å². The van der Waals surface area contributed by atoms with Gasteiger partial charge in [0.05, 0.1) is 36.2 Å². The van der Waals surface area contributed by atoms with Gasteiger partial charge in [-0.1, -0.05) is 230 Å². The summed E-state index contributed by atoms with van der Waals surface area (Å²) in [7, 11) is 0. The van der Waals surface area contributed by atoms with Gasteiger partial charge in [0.15, 0.2) is 23.0 Å². The summed E-state index contributed by atoms with van der Waals surface area (Å²) in [4.78, 5) is 27.8. The molecule has 7 aromatic rings. The molecule has 2 amide bonds. The zero-order valence-corrected chi connectivity index (χ0v) is 56.6. The highest BCUT2D eigenvalue weighted by atomic mass is 32.1. The second-order valence-electron chi connectivity index (χ2n) is 23.7. The van der Waals surface area contributed by atoms with Crippen LogP contribution in [0.3, 0.4) is 0 Å². The number of nitrogens with one attached hydrogen (secondary N) is 2. The van der Waals surface area contributed by atoms with Gasteiger partial charge in [-0.15, -0.1) is 31.7 Å². The van der Waals surface area contributed by atoms with Crippen LogP contribution in [0.2, 0.25) is 0 Å². The zero-order valence-electron chi connectivity index (χ0n) is 54.2. The van der Waals surface area contributed by atoms with E-state index in [-0.39, 0.29) is 11.8 Å². The number of amides is 2. The number of ether oxygens (including phenoxy) is 4. The van der Waals surface area contributed by atoms with Gasteiger partial charge in [0.1, 0.15) is 20.0 Å². The third-order valence-corrected chi connectivity index (χ3v) is 19.2. The van der Waals surface area contributed by atoms with Crippen LogP contribution in [0.25, 0.3) is 42.3 Å². The monoisotopic (exact) mass is 1270 g/mol. The molecule has 0 saturated carbocycles. The molecular formula is C74H102N6O6S3. The Kier molecular flexibility index (Phi) is 33.2. The first-order valence-corrected chi connectivity index (χ1v) is 36.7. The van der Waals surface area contributed by atoms with Crippen molar-refractivity contribution in [3.8, 4) is 65.3 Å². The molecule has 0 radical (unpaired) electrons. The van der Waals surface area contributed by atoms with Gasteiger partial charge in [-0.2, -0.15) is 0 Å². The first kappa shape index (κ1) is 70.3. The van der Waals surface area contributed by atoms with Crippen molar-refractivity contribution >= 4 is 57.2 Å². The summed E-state index contributed by atoms with van der Waals surface area (Å²) >= 11 is 4.16. The fourth-order valence-corrected chi connectivity index (χ4v) is 13.2. The Balaban J connectivity index is 0.886. The maximum atomic E-state index is 13.5. The molecular weight excluding hydrogens is 1170 g/mol. The minimum atomic E-state index is -0.299. The topological polar surface area (TPSA) is 147 Å². The fourth-order valence-electron chi connectivity index (χ4n) is 10.7. The number of rotatable bonds is 48. The van der Waals surface area contributed by atoms with Crippen LogP contribution in [0.4, 0.5) is 11.4 Å². The number of carbonyl (C=O) groups excluding carboxylic acids is 2. The van der Waals surface area contributed by atoms with Crippen LogP contribution in [0.1, 0.15) is 253 Å². The molecule has 7 rings (SSSR count). The molecule has 3 heterocycles. The van der Waals surface area contributed by atoms with E-state index in [9.17, 15) is 9.59 Å². The van der Waals surface area contributed by atoms with Gasteiger partial charge >= 0.3 is 0 Å². The van der Waals surface area contributed by atoms with Crippen molar-refractivity contribution < 1.29 is 28.5 Å². The number of hydrogen-bond donors (Lipinski definition) is 2. The van der Waals surface area contributed by atoms with Crippen LogP contribution in [0.5, 0.6) is 23.0 Å². The fraction of sp³-hybridized carbons (Fsp3) is 0.541. The molecule has 4 aromatic carbocycles. The lowest BCUT2D eigenvalue weighted by atomic mass is 10.1. The van der Waals surface area contributed by atoms with Crippen molar-refractivity contribution in [2.24, 2.45) is 0 Å². The molecule has 12 nitrogen and oxygen atoms in total. The third-order valence-electron chi connectivity index (χ3n) is 16.1. The van der Waals surface area contributed by atoms with Crippen molar-refractivity contribution in [1.29, 1.82) is 0 Å². The molecule has 0 saturated heterocycles. The van der Waals surface area contributed by atoms with Gasteiger partial charge in [-0.25, -0.2) is 0 Å². The van der Waals surface area contributed by atoms with Crippen LogP contribution < -0.4 is 29.6 Å². The standard InChI is InChI=1S/C74H102N6O6S3/c1-5-9-13-17-21-25-29-33-51-83-63-47-41-59(55-65(63)85-53-35-31-27-23-19-15-11-7-3)73-79-77-71(88-73)57-37-43-61(44-38-57)75-69(81)67-49-50-68(87-67)70(82)76-62-45-39-58(40-46-62)72-78-80-74(89-72)60-42-48-64(84-52-34-30-26-22-18-14-10-6-2)66(56-60)86-54-36-32-28-24-20-16-12-8-4/h37-50,55-56H,5-36,51-54H2,1-4H3,(H,75,81)(H,76,82). The van der Waals surface area contributed by atoms with E-state index >= 15 is 0 Å². The Morgan fingerprint density at radius 3 is 0.865 bits per heavy atom. The summed E-state index contributed by atoms with van der Waals surface area (Å²) in [5.74, 6) is 2.46. The molecule has 0 spiro atoms. The molecule has 482 valence electrons. The first-order valence-electron chi connectivity index (χ1n) is 34.3. The van der Waals surface area contributed by atoms with Gasteiger partial charge < -0.3 is 29.6 Å². The Bertz CT molecular complexity index is 2860. The Hall–Kier alpha value is -6.16. The van der Waals surface area contributed by atoms with E-state index in [1.807, 2.05) is 84.9 Å². The largest absolute Gasteiger partial charge is 0.490 e. The number of unbranched alkanes of at least 4 members (excludes halogenated alkanes) is 28. The van der Waals surface area contributed by atoms with Gasteiger partial charge in [0.2, 0.25) is 0 Å². The van der Waals surface area contributed by atoms with Crippen LogP contribution >= 0.6 is 34.0 Å². The highest BCUT2D eigenvalue weighted by Gasteiger charge is 2.19. The van der Waals surface area contributed by atoms with Gasteiger partial charge in [0.25, 0.3) is 11.8 Å². The number of nitrogens with zero attached hydrogens (tertiary/aromatic N) is 4. The maximum absolute atomic E-state index is 13.5. The van der Waals surface area contributed by atoms with Crippen molar-refractivity contribution in [2.75, 3.05) is 37.1 Å². The molecule has 0 atom stereocenters. The molecule has 0 bridgehead atoms. The Morgan fingerprint density at radius 1 is 0.303 bits per heavy atom. The third kappa shape index (κ3) is 25.6. The zero-order chi connectivity index (χ0) is 62.4. The van der Waals surface area contributed by atoms with Crippen molar-refractivity contribution in [3.05, 3.63) is 107 Å². The second kappa shape index (κ2) is 42.0. The van der Waals surface area contributed by atoms with Crippen LogP contribution in [0, 0.1) is 0 Å². The summed E-state index contributed by atoms with van der Waals surface area (Å²) < 4.78 is 25.5. The van der Waals surface area contributed by atoms with Crippen molar-refractivity contribution in [2.45, 2.75) is 233 Å². The maximum Gasteiger partial charge on any atom is 0.265 e. The lowest BCUT2D eigenvalue weighted by Gasteiger charge is -2.14. The first-order chi connectivity index (χ1) is 43.8. The molecule has 0 aliphatic heterocycles. The molecule has 0 aliphatic carbocycles. The highest BCUT2D eigenvalue weighted by molar-refractivity contribution is 7.18. The van der Waals surface area contributed by atoms with E-state index in [1.165, 1.54) is 190 Å². The van der Waals surface area contributed by atoms with E-state index in [0.717, 1.165) is 115 Å². The Morgan fingerprint density at radius 2 is 0.562 bits per heavy atom. The minimum Gasteiger partial charge on any atom is -0.490 e. The second-order valence-corrected chi connectivity index (χ2v) is 26.7. The van der Waals surface area contributed by atoms with Crippen LogP contribution in [0.15, 0.2) is 97.1 Å². The van der Waals surface area contributed by atoms with Gasteiger partial charge in [-0.3, -0.25) is 9.59 Å². The van der Waals surface area contributed by atoms with Crippen molar-refractivity contribution in [1.82, 2.24) is 20.4 Å².